The van der Waals surface area contributed by atoms with Crippen molar-refractivity contribution in [1.29, 1.82) is 0 Å². The molecule has 3 heterocycles. The lowest BCUT2D eigenvalue weighted by atomic mass is 10.1. The van der Waals surface area contributed by atoms with Crippen molar-refractivity contribution in [2.24, 2.45) is 0 Å². The summed E-state index contributed by atoms with van der Waals surface area (Å²) in [5, 5.41) is 5.41. The van der Waals surface area contributed by atoms with Crippen LogP contribution in [-0.2, 0) is 0 Å². The van der Waals surface area contributed by atoms with Crippen molar-refractivity contribution in [3.05, 3.63) is 35.8 Å². The number of nitrogens with zero attached hydrogens (tertiary/aromatic N) is 1. The summed E-state index contributed by atoms with van der Waals surface area (Å²) >= 11 is 1.73. The molecule has 0 aromatic carbocycles. The summed E-state index contributed by atoms with van der Waals surface area (Å²) < 4.78 is 5.88. The van der Waals surface area contributed by atoms with Gasteiger partial charge in [0, 0.05) is 22.7 Å². The maximum Gasteiger partial charge on any atom is 0.213 e. The minimum Gasteiger partial charge on any atom is -0.474 e. The SMILES string of the molecule is c1csc(-c2ccc(OC3CCNCC3)nc2)c1. The van der Waals surface area contributed by atoms with Crippen molar-refractivity contribution in [2.45, 2.75) is 18.9 Å². The van der Waals surface area contributed by atoms with Gasteiger partial charge >= 0.3 is 0 Å². The largest absolute Gasteiger partial charge is 0.474 e. The maximum absolute atomic E-state index is 5.88. The Morgan fingerprint density at radius 3 is 2.78 bits per heavy atom. The first-order valence-corrected chi connectivity index (χ1v) is 7.17. The number of aromatic nitrogens is 1. The number of hydrogen-bond acceptors (Lipinski definition) is 4. The number of hydrogen-bond donors (Lipinski definition) is 1. The minimum absolute atomic E-state index is 0.311. The van der Waals surface area contributed by atoms with Crippen LogP contribution in [0.3, 0.4) is 0 Å². The molecular weight excluding hydrogens is 244 g/mol. The van der Waals surface area contributed by atoms with Crippen LogP contribution >= 0.6 is 11.3 Å². The molecule has 1 N–H and O–H groups in total. The van der Waals surface area contributed by atoms with Crippen LogP contribution in [0.4, 0.5) is 0 Å². The number of pyridine rings is 1. The first-order valence-electron chi connectivity index (χ1n) is 6.29. The highest BCUT2D eigenvalue weighted by molar-refractivity contribution is 7.13. The number of ether oxygens (including phenoxy) is 1. The summed E-state index contributed by atoms with van der Waals surface area (Å²) in [4.78, 5) is 5.64. The molecule has 1 aliphatic heterocycles. The molecule has 3 nitrogen and oxygen atoms in total. The Balaban J connectivity index is 1.67. The molecular formula is C14H16N2OS. The average Bonchev–Trinajstić information content (AvgIpc) is 2.95. The van der Waals surface area contributed by atoms with Gasteiger partial charge in [-0.2, -0.15) is 0 Å². The number of nitrogens with one attached hydrogen (secondary N) is 1. The highest BCUT2D eigenvalue weighted by Gasteiger charge is 2.14. The fourth-order valence-corrected chi connectivity index (χ4v) is 2.84. The Kier molecular flexibility index (Phi) is 3.57. The predicted molar refractivity (Wildman–Crippen MR) is 74.1 cm³/mol. The van der Waals surface area contributed by atoms with Crippen LogP contribution in [0.2, 0.25) is 0 Å². The number of rotatable bonds is 3. The van der Waals surface area contributed by atoms with Gasteiger partial charge in [-0.05, 0) is 43.4 Å². The molecule has 1 fully saturated rings. The van der Waals surface area contributed by atoms with Gasteiger partial charge in [-0.25, -0.2) is 4.98 Å². The quantitative estimate of drug-likeness (QED) is 0.921. The molecule has 2 aromatic rings. The van der Waals surface area contributed by atoms with Crippen LogP contribution in [0.1, 0.15) is 12.8 Å². The lowest BCUT2D eigenvalue weighted by Gasteiger charge is -2.23. The molecule has 3 rings (SSSR count). The van der Waals surface area contributed by atoms with E-state index in [0.29, 0.717) is 6.10 Å². The third-order valence-electron chi connectivity index (χ3n) is 3.12. The molecule has 0 spiro atoms. The predicted octanol–water partition coefficient (Wildman–Crippen LogP) is 2.94. The fraction of sp³-hybridized carbons (Fsp3) is 0.357. The van der Waals surface area contributed by atoms with Gasteiger partial charge in [-0.15, -0.1) is 11.3 Å². The van der Waals surface area contributed by atoms with Gasteiger partial charge in [-0.3, -0.25) is 0 Å². The number of thiophene rings is 1. The summed E-state index contributed by atoms with van der Waals surface area (Å²) in [6.45, 7) is 2.08. The maximum atomic E-state index is 5.88. The van der Waals surface area contributed by atoms with Crippen LogP contribution in [0.25, 0.3) is 10.4 Å². The van der Waals surface area contributed by atoms with Gasteiger partial charge in [-0.1, -0.05) is 6.07 Å². The second-order valence-electron chi connectivity index (χ2n) is 4.43. The van der Waals surface area contributed by atoms with Gasteiger partial charge in [0.15, 0.2) is 0 Å². The summed E-state index contributed by atoms with van der Waals surface area (Å²) in [6, 6.07) is 8.21. The van der Waals surface area contributed by atoms with Crippen molar-refractivity contribution in [3.8, 4) is 16.3 Å². The Bertz CT molecular complexity index is 475. The molecule has 0 amide bonds. The van der Waals surface area contributed by atoms with Crippen molar-refractivity contribution < 1.29 is 4.74 Å². The van der Waals surface area contributed by atoms with Gasteiger partial charge in [0.05, 0.1) is 0 Å². The summed E-state index contributed by atoms with van der Waals surface area (Å²) in [5.41, 5.74) is 1.16. The van der Waals surface area contributed by atoms with E-state index in [1.54, 1.807) is 11.3 Å². The van der Waals surface area contributed by atoms with E-state index in [9.17, 15) is 0 Å². The standard InChI is InChI=1S/C14H16N2OS/c1-2-13(18-9-1)11-3-4-14(16-10-11)17-12-5-7-15-8-6-12/h1-4,9-10,12,15H,5-8H2. The molecule has 4 heteroatoms. The van der Waals surface area contributed by atoms with E-state index in [1.807, 2.05) is 12.3 Å². The lowest BCUT2D eigenvalue weighted by Crippen LogP contribution is -2.34. The molecule has 0 aliphatic carbocycles. The Morgan fingerprint density at radius 2 is 2.11 bits per heavy atom. The zero-order chi connectivity index (χ0) is 12.2. The van der Waals surface area contributed by atoms with Crippen molar-refractivity contribution in [1.82, 2.24) is 10.3 Å². The molecule has 0 atom stereocenters. The molecule has 0 bridgehead atoms. The van der Waals surface area contributed by atoms with E-state index in [1.165, 1.54) is 4.88 Å². The van der Waals surface area contributed by atoms with E-state index in [4.69, 9.17) is 4.74 Å². The van der Waals surface area contributed by atoms with Crippen LogP contribution in [0.5, 0.6) is 5.88 Å². The molecule has 1 aliphatic rings. The van der Waals surface area contributed by atoms with E-state index in [-0.39, 0.29) is 0 Å². The van der Waals surface area contributed by atoms with E-state index in [0.717, 1.165) is 37.4 Å². The van der Waals surface area contributed by atoms with Crippen LogP contribution in [-0.4, -0.2) is 24.2 Å². The van der Waals surface area contributed by atoms with Gasteiger partial charge in [0.1, 0.15) is 6.10 Å². The smallest absolute Gasteiger partial charge is 0.213 e. The molecule has 1 saturated heterocycles. The summed E-state index contributed by atoms with van der Waals surface area (Å²) in [5.74, 6) is 0.738. The van der Waals surface area contributed by atoms with E-state index >= 15 is 0 Å². The molecule has 2 aromatic heterocycles. The minimum atomic E-state index is 0.311. The molecule has 18 heavy (non-hydrogen) atoms. The van der Waals surface area contributed by atoms with Gasteiger partial charge in [0.2, 0.25) is 5.88 Å². The normalized spacial score (nSPS) is 16.7. The average molecular weight is 260 g/mol. The topological polar surface area (TPSA) is 34.1 Å². The van der Waals surface area contributed by atoms with Crippen molar-refractivity contribution in [2.75, 3.05) is 13.1 Å². The van der Waals surface area contributed by atoms with E-state index in [2.05, 4.69) is 33.9 Å². The van der Waals surface area contributed by atoms with Crippen molar-refractivity contribution >= 4 is 11.3 Å². The zero-order valence-electron chi connectivity index (χ0n) is 10.1. The first kappa shape index (κ1) is 11.7. The highest BCUT2D eigenvalue weighted by Crippen LogP contribution is 2.25. The van der Waals surface area contributed by atoms with Crippen LogP contribution in [0.15, 0.2) is 35.8 Å². The Morgan fingerprint density at radius 1 is 1.22 bits per heavy atom. The molecule has 0 unspecified atom stereocenters. The summed E-state index contributed by atoms with van der Waals surface area (Å²) in [7, 11) is 0. The molecule has 0 saturated carbocycles. The second kappa shape index (κ2) is 5.50. The second-order valence-corrected chi connectivity index (χ2v) is 5.38. The third-order valence-corrected chi connectivity index (χ3v) is 4.03. The van der Waals surface area contributed by atoms with Gasteiger partial charge in [0.25, 0.3) is 0 Å². The molecule has 94 valence electrons. The van der Waals surface area contributed by atoms with E-state index < -0.39 is 0 Å². The van der Waals surface area contributed by atoms with Gasteiger partial charge < -0.3 is 10.1 Å². The summed E-state index contributed by atoms with van der Waals surface area (Å²) in [6.07, 6.45) is 4.33. The fourth-order valence-electron chi connectivity index (χ4n) is 2.12. The Hall–Kier alpha value is -1.39. The first-order chi connectivity index (χ1) is 8.92. The van der Waals surface area contributed by atoms with Crippen LogP contribution < -0.4 is 10.1 Å². The van der Waals surface area contributed by atoms with Crippen LogP contribution in [0, 0.1) is 0 Å². The monoisotopic (exact) mass is 260 g/mol. The zero-order valence-corrected chi connectivity index (χ0v) is 11.0. The number of piperidine rings is 1. The Labute approximate surface area is 111 Å². The van der Waals surface area contributed by atoms with Crippen molar-refractivity contribution in [3.63, 3.8) is 0 Å². The molecule has 0 radical (unpaired) electrons. The third kappa shape index (κ3) is 2.71. The highest BCUT2D eigenvalue weighted by atomic mass is 32.1. The lowest BCUT2D eigenvalue weighted by molar-refractivity contribution is 0.156.